The molecule has 0 spiro atoms. The topological polar surface area (TPSA) is 76.1 Å². The molecule has 2 N–H and O–H groups in total. The number of carbonyl (C=O) groups is 1. The number of benzene rings is 2. The van der Waals surface area contributed by atoms with Gasteiger partial charge in [-0.1, -0.05) is 29.8 Å². The van der Waals surface area contributed by atoms with Crippen LogP contribution in [0.4, 0.5) is 11.5 Å². The largest absolute Gasteiger partial charge is 0.495 e. The van der Waals surface area contributed by atoms with Gasteiger partial charge >= 0.3 is 0 Å². The molecule has 1 aromatic heterocycles. The molecular formula is C21H21ClN4O2. The number of hydrogen-bond acceptors (Lipinski definition) is 5. The van der Waals surface area contributed by atoms with Gasteiger partial charge in [0.05, 0.1) is 12.8 Å². The standard InChI is InChI=1S/C21H21ClN4O2/c1-14-3-8-19(28-2)17(11-14)26-20-12-18(24-13-25-20)21(27)23-10-9-15-4-6-16(22)7-5-15/h3-8,11-13H,9-10H2,1-2H3,(H,23,27)(H,24,25,26). The molecule has 0 bridgehead atoms. The third-order valence-electron chi connectivity index (χ3n) is 4.13. The second-order valence-electron chi connectivity index (χ2n) is 6.25. The zero-order chi connectivity index (χ0) is 19.9. The van der Waals surface area contributed by atoms with E-state index in [0.29, 0.717) is 35.2 Å². The Bertz CT molecular complexity index is 961. The van der Waals surface area contributed by atoms with Gasteiger partial charge in [-0.2, -0.15) is 0 Å². The number of nitrogens with one attached hydrogen (secondary N) is 2. The van der Waals surface area contributed by atoms with Gasteiger partial charge in [0.2, 0.25) is 0 Å². The van der Waals surface area contributed by atoms with Gasteiger partial charge in [0.15, 0.2) is 0 Å². The first-order valence-corrected chi connectivity index (χ1v) is 9.19. The van der Waals surface area contributed by atoms with Crippen molar-refractivity contribution in [3.63, 3.8) is 0 Å². The van der Waals surface area contributed by atoms with Crippen LogP contribution < -0.4 is 15.4 Å². The summed E-state index contributed by atoms with van der Waals surface area (Å²) in [4.78, 5) is 20.7. The Morgan fingerprint density at radius 1 is 1.11 bits per heavy atom. The van der Waals surface area contributed by atoms with Crippen LogP contribution in [-0.4, -0.2) is 29.5 Å². The number of aromatic nitrogens is 2. The second-order valence-corrected chi connectivity index (χ2v) is 6.69. The molecule has 0 aliphatic carbocycles. The average molecular weight is 397 g/mol. The molecule has 7 heteroatoms. The number of methoxy groups -OCH3 is 1. The van der Waals surface area contributed by atoms with Gasteiger partial charge in [0.25, 0.3) is 5.91 Å². The number of amides is 1. The fraction of sp³-hybridized carbons (Fsp3) is 0.190. The van der Waals surface area contributed by atoms with E-state index in [2.05, 4.69) is 20.6 Å². The minimum absolute atomic E-state index is 0.254. The highest BCUT2D eigenvalue weighted by Gasteiger charge is 2.10. The molecule has 0 fully saturated rings. The molecule has 0 aliphatic heterocycles. The number of rotatable bonds is 7. The van der Waals surface area contributed by atoms with Crippen LogP contribution in [0.15, 0.2) is 54.9 Å². The molecule has 0 aliphatic rings. The summed E-state index contributed by atoms with van der Waals surface area (Å²) in [5.41, 5.74) is 3.24. The van der Waals surface area contributed by atoms with Crippen LogP contribution in [0, 0.1) is 6.92 Å². The molecule has 0 atom stereocenters. The second kappa shape index (κ2) is 9.19. The van der Waals surface area contributed by atoms with Crippen molar-refractivity contribution in [2.45, 2.75) is 13.3 Å². The molecule has 0 saturated carbocycles. The normalized spacial score (nSPS) is 10.4. The molecule has 28 heavy (non-hydrogen) atoms. The van der Waals surface area contributed by atoms with Gasteiger partial charge in [0.1, 0.15) is 23.6 Å². The number of aryl methyl sites for hydroxylation is 1. The third kappa shape index (κ3) is 5.20. The smallest absolute Gasteiger partial charge is 0.270 e. The predicted molar refractivity (Wildman–Crippen MR) is 111 cm³/mol. The molecule has 1 heterocycles. The summed E-state index contributed by atoms with van der Waals surface area (Å²) in [6, 6.07) is 15.0. The summed E-state index contributed by atoms with van der Waals surface area (Å²) in [5.74, 6) is 0.954. The van der Waals surface area contributed by atoms with E-state index in [0.717, 1.165) is 16.8 Å². The molecule has 3 aromatic rings. The van der Waals surface area contributed by atoms with Gasteiger partial charge < -0.3 is 15.4 Å². The van der Waals surface area contributed by atoms with Crippen LogP contribution in [0.1, 0.15) is 21.6 Å². The lowest BCUT2D eigenvalue weighted by molar-refractivity contribution is 0.0949. The van der Waals surface area contributed by atoms with E-state index in [1.165, 1.54) is 6.33 Å². The van der Waals surface area contributed by atoms with Crippen molar-refractivity contribution in [2.75, 3.05) is 19.0 Å². The fourth-order valence-electron chi connectivity index (χ4n) is 2.67. The average Bonchev–Trinajstić information content (AvgIpc) is 2.70. The summed E-state index contributed by atoms with van der Waals surface area (Å²) in [7, 11) is 1.61. The Balaban J connectivity index is 1.63. The number of halogens is 1. The SMILES string of the molecule is COc1ccc(C)cc1Nc1cc(C(=O)NCCc2ccc(Cl)cc2)ncn1. The van der Waals surface area contributed by atoms with Crippen LogP contribution in [0.5, 0.6) is 5.75 Å². The maximum atomic E-state index is 12.4. The summed E-state index contributed by atoms with van der Waals surface area (Å²) in [6.07, 6.45) is 2.07. The minimum Gasteiger partial charge on any atom is -0.495 e. The molecule has 144 valence electrons. The van der Waals surface area contributed by atoms with Crippen molar-refractivity contribution in [3.8, 4) is 5.75 Å². The minimum atomic E-state index is -0.254. The lowest BCUT2D eigenvalue weighted by atomic mass is 10.1. The quantitative estimate of drug-likeness (QED) is 0.627. The maximum Gasteiger partial charge on any atom is 0.270 e. The van der Waals surface area contributed by atoms with E-state index in [9.17, 15) is 4.79 Å². The Labute approximate surface area is 168 Å². The van der Waals surface area contributed by atoms with Gasteiger partial charge in [-0.15, -0.1) is 0 Å². The van der Waals surface area contributed by atoms with E-state index in [-0.39, 0.29) is 5.91 Å². The molecule has 6 nitrogen and oxygen atoms in total. The summed E-state index contributed by atoms with van der Waals surface area (Å²) < 4.78 is 5.36. The first-order chi connectivity index (χ1) is 13.5. The van der Waals surface area contributed by atoms with Crippen molar-refractivity contribution in [1.82, 2.24) is 15.3 Å². The Morgan fingerprint density at radius 3 is 2.64 bits per heavy atom. The van der Waals surface area contributed by atoms with E-state index >= 15 is 0 Å². The molecular weight excluding hydrogens is 376 g/mol. The summed E-state index contributed by atoms with van der Waals surface area (Å²) >= 11 is 5.88. The molecule has 3 rings (SSSR count). The first-order valence-electron chi connectivity index (χ1n) is 8.81. The van der Waals surface area contributed by atoms with Gasteiger partial charge in [0, 0.05) is 17.6 Å². The highest BCUT2D eigenvalue weighted by atomic mass is 35.5. The van der Waals surface area contributed by atoms with Crippen molar-refractivity contribution in [1.29, 1.82) is 0 Å². The zero-order valence-electron chi connectivity index (χ0n) is 15.7. The lowest BCUT2D eigenvalue weighted by Gasteiger charge is -2.12. The van der Waals surface area contributed by atoms with Crippen molar-refractivity contribution >= 4 is 29.0 Å². The highest BCUT2D eigenvalue weighted by Crippen LogP contribution is 2.27. The van der Waals surface area contributed by atoms with E-state index in [4.69, 9.17) is 16.3 Å². The molecule has 1 amide bonds. The Kier molecular flexibility index (Phi) is 6.45. The maximum absolute atomic E-state index is 12.4. The summed E-state index contributed by atoms with van der Waals surface area (Å²) in [5, 5.41) is 6.74. The van der Waals surface area contributed by atoms with E-state index in [1.807, 2.05) is 49.4 Å². The fourth-order valence-corrected chi connectivity index (χ4v) is 2.80. The predicted octanol–water partition coefficient (Wildman–Crippen LogP) is 4.16. The van der Waals surface area contributed by atoms with Gasteiger partial charge in [-0.25, -0.2) is 9.97 Å². The third-order valence-corrected chi connectivity index (χ3v) is 4.38. The van der Waals surface area contributed by atoms with Crippen molar-refractivity contribution < 1.29 is 9.53 Å². The number of anilines is 2. The first kappa shape index (κ1) is 19.6. The van der Waals surface area contributed by atoms with Crippen LogP contribution in [0.25, 0.3) is 0 Å². The summed E-state index contributed by atoms with van der Waals surface area (Å²) in [6.45, 7) is 2.49. The van der Waals surface area contributed by atoms with Crippen molar-refractivity contribution in [3.05, 3.63) is 76.7 Å². The lowest BCUT2D eigenvalue weighted by Crippen LogP contribution is -2.26. The number of carbonyl (C=O) groups excluding carboxylic acids is 1. The van der Waals surface area contributed by atoms with Crippen LogP contribution in [0.2, 0.25) is 5.02 Å². The number of nitrogens with zero attached hydrogens (tertiary/aromatic N) is 2. The van der Waals surface area contributed by atoms with Gasteiger partial charge in [-0.3, -0.25) is 4.79 Å². The van der Waals surface area contributed by atoms with Crippen LogP contribution in [-0.2, 0) is 6.42 Å². The Hall–Kier alpha value is -3.12. The Morgan fingerprint density at radius 2 is 1.89 bits per heavy atom. The van der Waals surface area contributed by atoms with E-state index in [1.54, 1.807) is 13.2 Å². The highest BCUT2D eigenvalue weighted by molar-refractivity contribution is 6.30. The van der Waals surface area contributed by atoms with Crippen molar-refractivity contribution in [2.24, 2.45) is 0 Å². The molecule has 2 aromatic carbocycles. The number of ether oxygens (including phenoxy) is 1. The zero-order valence-corrected chi connectivity index (χ0v) is 16.5. The molecule has 0 radical (unpaired) electrons. The van der Waals surface area contributed by atoms with Crippen LogP contribution >= 0.6 is 11.6 Å². The van der Waals surface area contributed by atoms with Gasteiger partial charge in [-0.05, 0) is 48.7 Å². The monoisotopic (exact) mass is 396 g/mol. The molecule has 0 unspecified atom stereocenters. The van der Waals surface area contributed by atoms with Crippen LogP contribution in [0.3, 0.4) is 0 Å². The number of hydrogen-bond donors (Lipinski definition) is 2. The van der Waals surface area contributed by atoms with E-state index < -0.39 is 0 Å². The molecule has 0 saturated heterocycles.